The maximum absolute atomic E-state index is 11.4. The molecule has 0 saturated heterocycles. The van der Waals surface area contributed by atoms with E-state index in [4.69, 9.17) is 0 Å². The molecule has 1 heterocycles. The Morgan fingerprint density at radius 3 is 2.71 bits per heavy atom. The molecule has 0 spiro atoms. The summed E-state index contributed by atoms with van der Waals surface area (Å²) in [5.41, 5.74) is -0.0874. The molecule has 1 aromatic heterocycles. The first-order valence-corrected chi connectivity index (χ1v) is 4.46. The topological polar surface area (TPSA) is 59.3 Å². The Bertz CT molecular complexity index is 347. The predicted molar refractivity (Wildman–Crippen MR) is 52.1 cm³/mol. The van der Waals surface area contributed by atoms with E-state index in [2.05, 4.69) is 9.73 Å². The van der Waals surface area contributed by atoms with Gasteiger partial charge in [-0.25, -0.2) is 4.79 Å². The zero-order chi connectivity index (χ0) is 10.6. The van der Waals surface area contributed by atoms with Crippen molar-refractivity contribution in [2.24, 2.45) is 5.92 Å². The maximum atomic E-state index is 11.4. The number of nitrogens with one attached hydrogen (secondary N) is 1. The minimum Gasteiger partial charge on any atom is -0.430 e. The van der Waals surface area contributed by atoms with Crippen molar-refractivity contribution in [2.45, 2.75) is 13.8 Å². The van der Waals surface area contributed by atoms with E-state index in [1.807, 2.05) is 13.8 Å². The van der Waals surface area contributed by atoms with Gasteiger partial charge in [-0.3, -0.25) is 4.79 Å². The molecule has 0 aliphatic heterocycles. The zero-order valence-electron chi connectivity index (χ0n) is 8.24. The standard InChI is InChI=1S/C10H13NO3/c1-7(2)5-11-10(13)8-3-4-9(12)14-6-8/h3-4,6-7H,5H2,1-2H3,(H,11,13). The first kappa shape index (κ1) is 10.5. The first-order chi connectivity index (χ1) is 6.59. The van der Waals surface area contributed by atoms with E-state index in [0.717, 1.165) is 6.26 Å². The number of hydrogen-bond acceptors (Lipinski definition) is 3. The molecule has 1 aromatic rings. The van der Waals surface area contributed by atoms with E-state index in [9.17, 15) is 9.59 Å². The van der Waals surface area contributed by atoms with E-state index in [1.54, 1.807) is 0 Å². The molecular weight excluding hydrogens is 182 g/mol. The molecular formula is C10H13NO3. The average Bonchev–Trinajstić information content (AvgIpc) is 2.15. The van der Waals surface area contributed by atoms with Crippen LogP contribution < -0.4 is 10.9 Å². The highest BCUT2D eigenvalue weighted by Gasteiger charge is 2.05. The number of carbonyl (C=O) groups excluding carboxylic acids is 1. The fourth-order valence-electron chi connectivity index (χ4n) is 0.886. The maximum Gasteiger partial charge on any atom is 0.335 e. The second kappa shape index (κ2) is 4.60. The van der Waals surface area contributed by atoms with Gasteiger partial charge in [0.2, 0.25) is 0 Å². The molecule has 0 aromatic carbocycles. The number of amides is 1. The van der Waals surface area contributed by atoms with Gasteiger partial charge in [-0.05, 0) is 12.0 Å². The van der Waals surface area contributed by atoms with Crippen LogP contribution in [0.2, 0.25) is 0 Å². The van der Waals surface area contributed by atoms with Gasteiger partial charge in [0.1, 0.15) is 6.26 Å². The molecule has 76 valence electrons. The van der Waals surface area contributed by atoms with Gasteiger partial charge in [0, 0.05) is 12.6 Å². The molecule has 1 amide bonds. The second-order valence-electron chi connectivity index (χ2n) is 3.45. The van der Waals surface area contributed by atoms with E-state index >= 15 is 0 Å². The fourth-order valence-corrected chi connectivity index (χ4v) is 0.886. The Kier molecular flexibility index (Phi) is 3.45. The summed E-state index contributed by atoms with van der Waals surface area (Å²) in [6.45, 7) is 4.62. The molecule has 0 radical (unpaired) electrons. The number of hydrogen-bond donors (Lipinski definition) is 1. The lowest BCUT2D eigenvalue weighted by atomic mass is 10.2. The highest BCUT2D eigenvalue weighted by atomic mass is 16.4. The highest BCUT2D eigenvalue weighted by molar-refractivity contribution is 5.93. The van der Waals surface area contributed by atoms with Crippen LogP contribution in [0, 0.1) is 5.92 Å². The second-order valence-corrected chi connectivity index (χ2v) is 3.45. The third kappa shape index (κ3) is 3.05. The van der Waals surface area contributed by atoms with Crippen molar-refractivity contribution in [3.8, 4) is 0 Å². The summed E-state index contributed by atoms with van der Waals surface area (Å²) < 4.78 is 4.57. The summed E-state index contributed by atoms with van der Waals surface area (Å²) in [5.74, 6) is 0.178. The highest BCUT2D eigenvalue weighted by Crippen LogP contribution is 1.96. The minimum atomic E-state index is -0.453. The smallest absolute Gasteiger partial charge is 0.335 e. The fraction of sp³-hybridized carbons (Fsp3) is 0.400. The quantitative estimate of drug-likeness (QED) is 0.783. The van der Waals surface area contributed by atoms with Crippen molar-refractivity contribution in [3.05, 3.63) is 34.4 Å². The van der Waals surface area contributed by atoms with Crippen molar-refractivity contribution in [1.82, 2.24) is 5.32 Å². The van der Waals surface area contributed by atoms with Gasteiger partial charge in [0.25, 0.3) is 5.91 Å². The first-order valence-electron chi connectivity index (χ1n) is 4.46. The summed E-state index contributed by atoms with van der Waals surface area (Å²) >= 11 is 0. The number of rotatable bonds is 3. The van der Waals surface area contributed by atoms with Gasteiger partial charge in [-0.1, -0.05) is 13.8 Å². The molecule has 0 unspecified atom stereocenters. The van der Waals surface area contributed by atoms with Crippen LogP contribution in [-0.2, 0) is 0 Å². The Balaban J connectivity index is 2.61. The summed E-state index contributed by atoms with van der Waals surface area (Å²) in [7, 11) is 0. The Morgan fingerprint density at radius 1 is 1.50 bits per heavy atom. The Hall–Kier alpha value is -1.58. The van der Waals surface area contributed by atoms with Crippen LogP contribution in [0.1, 0.15) is 24.2 Å². The third-order valence-corrected chi connectivity index (χ3v) is 1.63. The van der Waals surface area contributed by atoms with Crippen LogP contribution >= 0.6 is 0 Å². The van der Waals surface area contributed by atoms with E-state index in [-0.39, 0.29) is 5.91 Å². The van der Waals surface area contributed by atoms with Crippen LogP contribution in [0.3, 0.4) is 0 Å². The van der Waals surface area contributed by atoms with Crippen LogP contribution in [0.25, 0.3) is 0 Å². The van der Waals surface area contributed by atoms with Gasteiger partial charge in [0.05, 0.1) is 5.56 Å². The normalized spacial score (nSPS) is 10.2. The van der Waals surface area contributed by atoms with Crippen LogP contribution in [0.5, 0.6) is 0 Å². The molecule has 0 aliphatic carbocycles. The van der Waals surface area contributed by atoms with Crippen LogP contribution in [0.4, 0.5) is 0 Å². The molecule has 4 nitrogen and oxygen atoms in total. The van der Waals surface area contributed by atoms with Crippen LogP contribution in [0.15, 0.2) is 27.6 Å². The van der Waals surface area contributed by atoms with Gasteiger partial charge < -0.3 is 9.73 Å². The predicted octanol–water partition coefficient (Wildman–Crippen LogP) is 1.03. The third-order valence-electron chi connectivity index (χ3n) is 1.63. The summed E-state index contributed by atoms with van der Waals surface area (Å²) in [4.78, 5) is 22.0. The lowest BCUT2D eigenvalue weighted by Crippen LogP contribution is -2.27. The van der Waals surface area contributed by atoms with Crippen molar-refractivity contribution >= 4 is 5.91 Å². The molecule has 1 rings (SSSR count). The molecule has 4 heteroatoms. The molecule has 14 heavy (non-hydrogen) atoms. The van der Waals surface area contributed by atoms with E-state index < -0.39 is 5.63 Å². The SMILES string of the molecule is CC(C)CNC(=O)c1ccc(=O)oc1. The van der Waals surface area contributed by atoms with E-state index in [1.165, 1.54) is 12.1 Å². The van der Waals surface area contributed by atoms with Crippen molar-refractivity contribution in [3.63, 3.8) is 0 Å². The molecule has 0 bridgehead atoms. The summed E-state index contributed by atoms with van der Waals surface area (Å²) in [6, 6.07) is 2.67. The number of carbonyl (C=O) groups is 1. The Labute approximate surface area is 81.9 Å². The molecule has 0 saturated carbocycles. The average molecular weight is 195 g/mol. The van der Waals surface area contributed by atoms with Crippen LogP contribution in [-0.4, -0.2) is 12.5 Å². The lowest BCUT2D eigenvalue weighted by Gasteiger charge is -2.06. The summed E-state index contributed by atoms with van der Waals surface area (Å²) in [5, 5.41) is 2.72. The van der Waals surface area contributed by atoms with Gasteiger partial charge in [0.15, 0.2) is 0 Å². The summed E-state index contributed by atoms with van der Waals surface area (Å²) in [6.07, 6.45) is 1.16. The minimum absolute atomic E-state index is 0.220. The molecule has 0 aliphatic rings. The lowest BCUT2D eigenvalue weighted by molar-refractivity contribution is 0.0946. The molecule has 1 N–H and O–H groups in total. The monoisotopic (exact) mass is 195 g/mol. The van der Waals surface area contributed by atoms with E-state index in [0.29, 0.717) is 18.0 Å². The Morgan fingerprint density at radius 2 is 2.21 bits per heavy atom. The zero-order valence-corrected chi connectivity index (χ0v) is 8.24. The molecule has 0 fully saturated rings. The van der Waals surface area contributed by atoms with Gasteiger partial charge in [-0.2, -0.15) is 0 Å². The molecule has 0 atom stereocenters. The van der Waals surface area contributed by atoms with Crippen molar-refractivity contribution in [1.29, 1.82) is 0 Å². The van der Waals surface area contributed by atoms with Crippen molar-refractivity contribution < 1.29 is 9.21 Å². The van der Waals surface area contributed by atoms with Gasteiger partial charge >= 0.3 is 5.63 Å². The largest absolute Gasteiger partial charge is 0.430 e. The van der Waals surface area contributed by atoms with Gasteiger partial charge in [-0.15, -0.1) is 0 Å². The van der Waals surface area contributed by atoms with Crippen molar-refractivity contribution in [2.75, 3.05) is 6.54 Å².